The predicted octanol–water partition coefficient (Wildman–Crippen LogP) is 5.07. The lowest BCUT2D eigenvalue weighted by atomic mass is 9.92. The van der Waals surface area contributed by atoms with Crippen molar-refractivity contribution in [2.75, 3.05) is 17.2 Å². The van der Waals surface area contributed by atoms with E-state index in [2.05, 4.69) is 78.6 Å². The van der Waals surface area contributed by atoms with E-state index in [9.17, 15) is 0 Å². The molecule has 0 bridgehead atoms. The van der Waals surface area contributed by atoms with Crippen LogP contribution >= 0.6 is 0 Å². The highest BCUT2D eigenvalue weighted by Crippen LogP contribution is 2.34. The molecule has 0 saturated carbocycles. The van der Waals surface area contributed by atoms with Crippen molar-refractivity contribution in [3.8, 4) is 0 Å². The minimum Gasteiger partial charge on any atom is -0.353 e. The van der Waals surface area contributed by atoms with E-state index in [1.54, 1.807) is 6.20 Å². The van der Waals surface area contributed by atoms with Crippen LogP contribution in [0.15, 0.2) is 24.4 Å². The normalized spacial score (nSPS) is 11.1. The Hall–Kier alpha value is -2.17. The Morgan fingerprint density at radius 1 is 1.04 bits per heavy atom. The van der Waals surface area contributed by atoms with Gasteiger partial charge in [0, 0.05) is 12.2 Å². The Balaban J connectivity index is 2.28. The smallest absolute Gasteiger partial charge is 0.244 e. The molecule has 0 aliphatic heterocycles. The molecule has 0 atom stereocenters. The van der Waals surface area contributed by atoms with E-state index in [0.717, 1.165) is 30.9 Å². The second-order valence-corrected chi connectivity index (χ2v) is 6.69. The fourth-order valence-electron chi connectivity index (χ4n) is 2.64. The summed E-state index contributed by atoms with van der Waals surface area (Å²) in [6.45, 7) is 11.9. The van der Waals surface area contributed by atoms with E-state index < -0.39 is 0 Å². The van der Waals surface area contributed by atoms with Crippen molar-refractivity contribution >= 4 is 17.5 Å². The third-order valence-corrected chi connectivity index (χ3v) is 4.00. The van der Waals surface area contributed by atoms with Gasteiger partial charge >= 0.3 is 0 Å². The van der Waals surface area contributed by atoms with Gasteiger partial charge in [-0.25, -0.2) is 0 Å². The first-order valence-corrected chi connectivity index (χ1v) is 8.86. The molecule has 0 radical (unpaired) electrons. The van der Waals surface area contributed by atoms with E-state index in [-0.39, 0.29) is 0 Å². The molecule has 0 aliphatic carbocycles. The highest BCUT2D eigenvalue weighted by molar-refractivity contribution is 5.66. The Kier molecular flexibility index (Phi) is 6.53. The lowest BCUT2D eigenvalue weighted by Crippen LogP contribution is -2.09. The van der Waals surface area contributed by atoms with Gasteiger partial charge in [0.05, 0.1) is 6.20 Å². The van der Waals surface area contributed by atoms with Crippen LogP contribution < -0.4 is 10.6 Å². The van der Waals surface area contributed by atoms with Crippen LogP contribution in [0.5, 0.6) is 0 Å². The molecule has 5 heteroatoms. The van der Waals surface area contributed by atoms with Crippen LogP contribution in [0, 0.1) is 0 Å². The maximum Gasteiger partial charge on any atom is 0.244 e. The van der Waals surface area contributed by atoms with Gasteiger partial charge in [0.2, 0.25) is 5.95 Å². The second kappa shape index (κ2) is 8.62. The van der Waals surface area contributed by atoms with Gasteiger partial charge in [0.15, 0.2) is 5.82 Å². The maximum absolute atomic E-state index is 4.54. The molecular weight excluding hydrogens is 298 g/mol. The van der Waals surface area contributed by atoms with Crippen molar-refractivity contribution in [2.24, 2.45) is 0 Å². The number of nitrogens with one attached hydrogen (secondary N) is 2. The van der Waals surface area contributed by atoms with Crippen LogP contribution in [0.2, 0.25) is 0 Å². The monoisotopic (exact) mass is 327 g/mol. The van der Waals surface area contributed by atoms with E-state index in [4.69, 9.17) is 0 Å². The first kappa shape index (κ1) is 18.2. The molecule has 2 rings (SSSR count). The topological polar surface area (TPSA) is 62.7 Å². The van der Waals surface area contributed by atoms with Crippen LogP contribution in [0.25, 0.3) is 0 Å². The Bertz CT molecular complexity index is 626. The summed E-state index contributed by atoms with van der Waals surface area (Å²) in [4.78, 5) is 4.54. The number of para-hydroxylation sites is 1. The van der Waals surface area contributed by atoms with E-state index >= 15 is 0 Å². The van der Waals surface area contributed by atoms with E-state index in [1.165, 1.54) is 11.1 Å². The number of nitrogens with zero attached hydrogens (tertiary/aromatic N) is 3. The van der Waals surface area contributed by atoms with Gasteiger partial charge in [-0.3, -0.25) is 0 Å². The average molecular weight is 327 g/mol. The molecule has 0 aliphatic rings. The second-order valence-electron chi connectivity index (χ2n) is 6.69. The van der Waals surface area contributed by atoms with E-state index in [1.807, 2.05) is 0 Å². The molecule has 1 heterocycles. The molecule has 0 spiro atoms. The van der Waals surface area contributed by atoms with Crippen LogP contribution in [-0.4, -0.2) is 21.7 Å². The highest BCUT2D eigenvalue weighted by Gasteiger charge is 2.14. The summed E-state index contributed by atoms with van der Waals surface area (Å²) in [5, 5.41) is 14.8. The SMILES string of the molecule is CCCCNc1nncc(Nc2c(C(C)C)cccc2C(C)C)n1. The van der Waals surface area contributed by atoms with Gasteiger partial charge in [0.25, 0.3) is 0 Å². The quantitative estimate of drug-likeness (QED) is 0.662. The van der Waals surface area contributed by atoms with E-state index in [0.29, 0.717) is 17.8 Å². The number of hydrogen-bond acceptors (Lipinski definition) is 5. The first-order chi connectivity index (χ1) is 11.5. The molecule has 1 aromatic heterocycles. The van der Waals surface area contributed by atoms with Gasteiger partial charge in [-0.05, 0) is 29.4 Å². The molecular formula is C19H29N5. The maximum atomic E-state index is 4.54. The Labute approximate surface area is 145 Å². The summed E-state index contributed by atoms with van der Waals surface area (Å²) >= 11 is 0. The van der Waals surface area contributed by atoms with Crippen LogP contribution in [0.4, 0.5) is 17.5 Å². The average Bonchev–Trinajstić information content (AvgIpc) is 2.55. The summed E-state index contributed by atoms with van der Waals surface area (Å²) < 4.78 is 0. The molecule has 0 amide bonds. The fraction of sp³-hybridized carbons (Fsp3) is 0.526. The zero-order chi connectivity index (χ0) is 17.5. The van der Waals surface area contributed by atoms with Gasteiger partial charge in [-0.2, -0.15) is 10.1 Å². The molecule has 130 valence electrons. The first-order valence-electron chi connectivity index (χ1n) is 8.86. The van der Waals surface area contributed by atoms with Crippen molar-refractivity contribution in [2.45, 2.75) is 59.3 Å². The van der Waals surface area contributed by atoms with Crippen LogP contribution in [0.3, 0.4) is 0 Å². The molecule has 0 unspecified atom stereocenters. The van der Waals surface area contributed by atoms with Gasteiger partial charge in [-0.1, -0.05) is 59.2 Å². The third kappa shape index (κ3) is 4.66. The van der Waals surface area contributed by atoms with Gasteiger partial charge in [-0.15, -0.1) is 5.10 Å². The van der Waals surface area contributed by atoms with Crippen LogP contribution in [0.1, 0.15) is 70.4 Å². The number of anilines is 3. The van der Waals surface area contributed by atoms with Crippen molar-refractivity contribution in [1.82, 2.24) is 15.2 Å². The molecule has 5 nitrogen and oxygen atoms in total. The zero-order valence-electron chi connectivity index (χ0n) is 15.4. The number of rotatable bonds is 8. The molecule has 0 saturated heterocycles. The summed E-state index contributed by atoms with van der Waals surface area (Å²) in [7, 11) is 0. The fourth-order valence-corrected chi connectivity index (χ4v) is 2.64. The minimum absolute atomic E-state index is 0.433. The van der Waals surface area contributed by atoms with Gasteiger partial charge in [0.1, 0.15) is 0 Å². The summed E-state index contributed by atoms with van der Waals surface area (Å²) in [5.41, 5.74) is 3.73. The van der Waals surface area contributed by atoms with Crippen LogP contribution in [-0.2, 0) is 0 Å². The van der Waals surface area contributed by atoms with Crippen molar-refractivity contribution < 1.29 is 0 Å². The Morgan fingerprint density at radius 3 is 2.29 bits per heavy atom. The standard InChI is InChI=1S/C19H29N5/c1-6-7-11-20-19-23-17(12-21-24-19)22-18-15(13(2)3)9-8-10-16(18)14(4)5/h8-10,12-14H,6-7,11H2,1-5H3,(H2,20,22,23,24). The molecule has 24 heavy (non-hydrogen) atoms. The zero-order valence-corrected chi connectivity index (χ0v) is 15.4. The minimum atomic E-state index is 0.433. The number of benzene rings is 1. The largest absolute Gasteiger partial charge is 0.353 e. The third-order valence-electron chi connectivity index (χ3n) is 4.00. The van der Waals surface area contributed by atoms with Crippen molar-refractivity contribution in [1.29, 1.82) is 0 Å². The molecule has 0 fully saturated rings. The molecule has 2 N–H and O–H groups in total. The number of unbranched alkanes of at least 4 members (excludes halogenated alkanes) is 1. The molecule has 2 aromatic rings. The summed E-state index contributed by atoms with van der Waals surface area (Å²) in [5.74, 6) is 2.16. The van der Waals surface area contributed by atoms with Crippen molar-refractivity contribution in [3.63, 3.8) is 0 Å². The number of aromatic nitrogens is 3. The lowest BCUT2D eigenvalue weighted by molar-refractivity contribution is 0.819. The summed E-state index contributed by atoms with van der Waals surface area (Å²) in [6.07, 6.45) is 3.90. The predicted molar refractivity (Wildman–Crippen MR) is 101 cm³/mol. The van der Waals surface area contributed by atoms with Gasteiger partial charge < -0.3 is 10.6 Å². The van der Waals surface area contributed by atoms with Crippen molar-refractivity contribution in [3.05, 3.63) is 35.5 Å². The highest BCUT2D eigenvalue weighted by atomic mass is 15.3. The summed E-state index contributed by atoms with van der Waals surface area (Å²) in [6, 6.07) is 6.48. The Morgan fingerprint density at radius 2 is 1.71 bits per heavy atom. The molecule has 1 aromatic carbocycles. The lowest BCUT2D eigenvalue weighted by Gasteiger charge is -2.20. The number of hydrogen-bond donors (Lipinski definition) is 2.